The van der Waals surface area contributed by atoms with Gasteiger partial charge in [0.2, 0.25) is 0 Å². The van der Waals surface area contributed by atoms with Crippen LogP contribution in [0.2, 0.25) is 0 Å². The SMILES string of the molecule is NC(=O)NCc1cccc(-c2coc(NC(N)=NCCc3ccccc3)n2)n1. The van der Waals surface area contributed by atoms with Crippen molar-refractivity contribution in [2.75, 3.05) is 11.9 Å². The van der Waals surface area contributed by atoms with E-state index in [-0.39, 0.29) is 18.5 Å². The van der Waals surface area contributed by atoms with Gasteiger partial charge in [-0.15, -0.1) is 0 Å². The lowest BCUT2D eigenvalue weighted by atomic mass is 10.2. The van der Waals surface area contributed by atoms with Gasteiger partial charge in [0, 0.05) is 6.54 Å². The third-order valence-corrected chi connectivity index (χ3v) is 3.78. The van der Waals surface area contributed by atoms with E-state index in [0.29, 0.717) is 23.6 Å². The third kappa shape index (κ3) is 5.56. The molecule has 144 valence electrons. The van der Waals surface area contributed by atoms with Crippen LogP contribution in [0, 0.1) is 0 Å². The van der Waals surface area contributed by atoms with Gasteiger partial charge in [-0.2, -0.15) is 4.98 Å². The maximum atomic E-state index is 10.8. The molecular weight excluding hydrogens is 358 g/mol. The summed E-state index contributed by atoms with van der Waals surface area (Å²) in [6.45, 7) is 0.778. The second-order valence-corrected chi connectivity index (χ2v) is 5.90. The summed E-state index contributed by atoms with van der Waals surface area (Å²) in [5.74, 6) is 0.219. The van der Waals surface area contributed by atoms with E-state index >= 15 is 0 Å². The number of guanidine groups is 1. The first-order valence-electron chi connectivity index (χ1n) is 8.66. The highest BCUT2D eigenvalue weighted by Crippen LogP contribution is 2.19. The average Bonchev–Trinajstić information content (AvgIpc) is 3.16. The molecule has 0 aliphatic heterocycles. The van der Waals surface area contributed by atoms with E-state index in [4.69, 9.17) is 15.9 Å². The lowest BCUT2D eigenvalue weighted by Crippen LogP contribution is -2.28. The molecule has 3 aromatic rings. The number of aromatic nitrogens is 2. The summed E-state index contributed by atoms with van der Waals surface area (Å²) in [6.07, 6.45) is 2.25. The predicted octanol–water partition coefficient (Wildman–Crippen LogP) is 1.87. The molecule has 0 fully saturated rings. The van der Waals surface area contributed by atoms with Crippen molar-refractivity contribution in [1.82, 2.24) is 15.3 Å². The van der Waals surface area contributed by atoms with Crippen molar-refractivity contribution in [1.29, 1.82) is 0 Å². The fraction of sp³-hybridized carbons (Fsp3) is 0.158. The van der Waals surface area contributed by atoms with Gasteiger partial charge in [0.05, 0.1) is 17.9 Å². The number of carbonyl (C=O) groups is 1. The van der Waals surface area contributed by atoms with Crippen molar-refractivity contribution in [2.24, 2.45) is 16.5 Å². The normalized spacial score (nSPS) is 11.2. The number of nitrogens with one attached hydrogen (secondary N) is 2. The summed E-state index contributed by atoms with van der Waals surface area (Å²) in [5, 5.41) is 5.31. The number of carbonyl (C=O) groups excluding carboxylic acids is 1. The molecular formula is C19H21N7O2. The van der Waals surface area contributed by atoms with Crippen molar-refractivity contribution in [3.8, 4) is 11.4 Å². The Morgan fingerprint density at radius 1 is 1.04 bits per heavy atom. The first kappa shape index (κ1) is 18.9. The number of hydrogen-bond acceptors (Lipinski definition) is 5. The highest BCUT2D eigenvalue weighted by atomic mass is 16.4. The van der Waals surface area contributed by atoms with Crippen LogP contribution >= 0.6 is 0 Å². The molecule has 28 heavy (non-hydrogen) atoms. The molecule has 2 aromatic heterocycles. The molecule has 0 bridgehead atoms. The topological polar surface area (TPSA) is 144 Å². The molecule has 0 saturated heterocycles. The van der Waals surface area contributed by atoms with E-state index in [1.165, 1.54) is 11.8 Å². The zero-order valence-electron chi connectivity index (χ0n) is 15.1. The molecule has 6 N–H and O–H groups in total. The molecule has 0 spiro atoms. The monoisotopic (exact) mass is 379 g/mol. The first-order chi connectivity index (χ1) is 13.6. The lowest BCUT2D eigenvalue weighted by molar-refractivity contribution is 0.248. The molecule has 2 heterocycles. The minimum absolute atomic E-state index is 0.219. The fourth-order valence-electron chi connectivity index (χ4n) is 2.45. The second kappa shape index (κ2) is 9.17. The first-order valence-corrected chi connectivity index (χ1v) is 8.66. The number of hydrogen-bond donors (Lipinski definition) is 4. The summed E-state index contributed by atoms with van der Waals surface area (Å²) in [6, 6.07) is 15.0. The van der Waals surface area contributed by atoms with Crippen LogP contribution in [0.25, 0.3) is 11.4 Å². The summed E-state index contributed by atoms with van der Waals surface area (Å²) in [7, 11) is 0. The Morgan fingerprint density at radius 2 is 1.86 bits per heavy atom. The molecule has 0 aliphatic carbocycles. The molecule has 2 amide bonds. The van der Waals surface area contributed by atoms with E-state index in [1.54, 1.807) is 12.1 Å². The Bertz CT molecular complexity index is 954. The largest absolute Gasteiger partial charge is 0.431 e. The number of pyridine rings is 1. The molecule has 0 saturated carbocycles. The van der Waals surface area contributed by atoms with Crippen molar-refractivity contribution in [3.05, 3.63) is 66.1 Å². The summed E-state index contributed by atoms with van der Waals surface area (Å²) in [4.78, 5) is 23.8. The van der Waals surface area contributed by atoms with Crippen molar-refractivity contribution in [3.63, 3.8) is 0 Å². The summed E-state index contributed by atoms with van der Waals surface area (Å²) >= 11 is 0. The maximum absolute atomic E-state index is 10.8. The van der Waals surface area contributed by atoms with E-state index in [1.807, 2.05) is 36.4 Å². The van der Waals surface area contributed by atoms with Gasteiger partial charge >= 0.3 is 12.0 Å². The minimum Gasteiger partial charge on any atom is -0.431 e. The number of aliphatic imine (C=N–C) groups is 1. The van der Waals surface area contributed by atoms with Crippen LogP contribution in [0.1, 0.15) is 11.3 Å². The van der Waals surface area contributed by atoms with E-state index < -0.39 is 6.03 Å². The maximum Gasteiger partial charge on any atom is 0.312 e. The van der Waals surface area contributed by atoms with Crippen LogP contribution in [-0.2, 0) is 13.0 Å². The van der Waals surface area contributed by atoms with Crippen LogP contribution in [-0.4, -0.2) is 28.5 Å². The molecule has 0 aliphatic rings. The Balaban J connectivity index is 1.58. The van der Waals surface area contributed by atoms with Crippen LogP contribution in [0.4, 0.5) is 10.8 Å². The van der Waals surface area contributed by atoms with E-state index in [2.05, 4.69) is 25.6 Å². The fourth-order valence-corrected chi connectivity index (χ4v) is 2.45. The van der Waals surface area contributed by atoms with Crippen molar-refractivity contribution < 1.29 is 9.21 Å². The molecule has 9 nitrogen and oxygen atoms in total. The Hall–Kier alpha value is -3.88. The van der Waals surface area contributed by atoms with Crippen molar-refractivity contribution >= 4 is 18.0 Å². The van der Waals surface area contributed by atoms with Gasteiger partial charge < -0.3 is 21.2 Å². The number of benzene rings is 1. The standard InChI is InChI=1S/C19H21N7O2/c20-17(22-10-9-13-5-2-1-3-6-13)26-19-25-16(12-28-19)15-8-4-7-14(24-15)11-23-18(21)27/h1-8,12H,9-11H2,(H3,21,23,27)(H3,20,22,25,26). The molecule has 0 radical (unpaired) electrons. The zero-order valence-corrected chi connectivity index (χ0v) is 15.1. The molecule has 3 rings (SSSR count). The molecule has 9 heteroatoms. The summed E-state index contributed by atoms with van der Waals surface area (Å²) < 4.78 is 5.38. The number of amides is 2. The molecule has 1 aromatic carbocycles. The van der Waals surface area contributed by atoms with Gasteiger partial charge in [0.25, 0.3) is 0 Å². The highest BCUT2D eigenvalue weighted by Gasteiger charge is 2.09. The number of primary amides is 1. The van der Waals surface area contributed by atoms with Crippen molar-refractivity contribution in [2.45, 2.75) is 13.0 Å². The molecule has 0 unspecified atom stereocenters. The van der Waals surface area contributed by atoms with Gasteiger partial charge in [0.15, 0.2) is 5.96 Å². The van der Waals surface area contributed by atoms with Crippen LogP contribution in [0.3, 0.4) is 0 Å². The Labute approximate surface area is 161 Å². The quantitative estimate of drug-likeness (QED) is 0.364. The van der Waals surface area contributed by atoms with Crippen LogP contribution in [0.15, 0.2) is 64.2 Å². The molecule has 0 atom stereocenters. The van der Waals surface area contributed by atoms with Crippen LogP contribution < -0.4 is 22.1 Å². The number of oxazole rings is 1. The highest BCUT2D eigenvalue weighted by molar-refractivity contribution is 5.90. The van der Waals surface area contributed by atoms with Gasteiger partial charge in [0.1, 0.15) is 12.0 Å². The zero-order chi connectivity index (χ0) is 19.8. The predicted molar refractivity (Wildman–Crippen MR) is 106 cm³/mol. The van der Waals surface area contributed by atoms with E-state index in [9.17, 15) is 4.79 Å². The smallest absolute Gasteiger partial charge is 0.312 e. The number of rotatable bonds is 7. The lowest BCUT2D eigenvalue weighted by Gasteiger charge is -2.03. The van der Waals surface area contributed by atoms with Crippen LogP contribution in [0.5, 0.6) is 0 Å². The Kier molecular flexibility index (Phi) is 6.19. The number of nitrogens with two attached hydrogens (primary N) is 2. The van der Waals surface area contributed by atoms with Gasteiger partial charge in [-0.05, 0) is 24.1 Å². The number of nitrogens with zero attached hydrogens (tertiary/aromatic N) is 3. The second-order valence-electron chi connectivity index (χ2n) is 5.90. The minimum atomic E-state index is -0.609. The Morgan fingerprint density at radius 3 is 2.64 bits per heavy atom. The number of urea groups is 1. The van der Waals surface area contributed by atoms with Gasteiger partial charge in [-0.25, -0.2) is 9.78 Å². The third-order valence-electron chi connectivity index (χ3n) is 3.78. The average molecular weight is 379 g/mol. The number of anilines is 1. The summed E-state index contributed by atoms with van der Waals surface area (Å²) in [5.41, 5.74) is 13.9. The van der Waals surface area contributed by atoms with E-state index in [0.717, 1.165) is 6.42 Å². The van der Waals surface area contributed by atoms with Gasteiger partial charge in [-0.1, -0.05) is 36.4 Å². The van der Waals surface area contributed by atoms with Gasteiger partial charge in [-0.3, -0.25) is 10.3 Å².